The molecule has 3 heteroatoms. The molecule has 0 saturated carbocycles. The van der Waals surface area contributed by atoms with E-state index < -0.39 is 0 Å². The third-order valence-electron chi connectivity index (χ3n) is 2.37. The predicted octanol–water partition coefficient (Wildman–Crippen LogP) is 1.16. The highest BCUT2D eigenvalue weighted by atomic mass is 16.5. The molecule has 0 aliphatic carbocycles. The van der Waals surface area contributed by atoms with Gasteiger partial charge >= 0.3 is 0 Å². The monoisotopic (exact) mass is 172 g/mol. The Morgan fingerprint density at radius 3 is 2.92 bits per heavy atom. The third-order valence-corrected chi connectivity index (χ3v) is 2.37. The number of aldehydes is 1. The Morgan fingerprint density at radius 1 is 1.58 bits per heavy atom. The zero-order chi connectivity index (χ0) is 8.97. The van der Waals surface area contributed by atoms with Crippen molar-refractivity contribution in [2.75, 3.05) is 7.11 Å². The van der Waals surface area contributed by atoms with E-state index in [1.165, 1.54) is 0 Å². The average molecular weight is 172 g/mol. The third kappa shape index (κ3) is 2.29. The van der Waals surface area contributed by atoms with Gasteiger partial charge in [-0.2, -0.15) is 0 Å². The second kappa shape index (κ2) is 4.58. The normalized spacial score (nSPS) is 32.8. The van der Waals surface area contributed by atoms with Crippen LogP contribution in [0.5, 0.6) is 0 Å². The lowest BCUT2D eigenvalue weighted by molar-refractivity contribution is -0.137. The zero-order valence-electron chi connectivity index (χ0n) is 7.66. The van der Waals surface area contributed by atoms with E-state index in [1.807, 2.05) is 6.92 Å². The molecule has 1 saturated heterocycles. The molecule has 1 aliphatic heterocycles. The summed E-state index contributed by atoms with van der Waals surface area (Å²) >= 11 is 0. The number of carbonyl (C=O) groups excluding carboxylic acids is 1. The van der Waals surface area contributed by atoms with Crippen LogP contribution in [0.25, 0.3) is 0 Å². The van der Waals surface area contributed by atoms with Crippen LogP contribution in [0.4, 0.5) is 0 Å². The SMILES string of the molecule is COC(C)C1CCCC(C=O)O1. The molecule has 12 heavy (non-hydrogen) atoms. The second-order valence-electron chi connectivity index (χ2n) is 3.22. The first kappa shape index (κ1) is 9.68. The van der Waals surface area contributed by atoms with Crippen LogP contribution in [-0.4, -0.2) is 31.7 Å². The standard InChI is InChI=1S/C9H16O3/c1-7(11-2)9-5-3-4-8(6-10)12-9/h6-9H,3-5H2,1-2H3. The van der Waals surface area contributed by atoms with Gasteiger partial charge in [0, 0.05) is 7.11 Å². The molecule has 3 nitrogen and oxygen atoms in total. The van der Waals surface area contributed by atoms with Gasteiger partial charge in [-0.25, -0.2) is 0 Å². The lowest BCUT2D eigenvalue weighted by atomic mass is 10.0. The fourth-order valence-electron chi connectivity index (χ4n) is 1.48. The van der Waals surface area contributed by atoms with Crippen LogP contribution in [0, 0.1) is 0 Å². The summed E-state index contributed by atoms with van der Waals surface area (Å²) in [5, 5.41) is 0. The van der Waals surface area contributed by atoms with Gasteiger partial charge in [0.1, 0.15) is 12.4 Å². The summed E-state index contributed by atoms with van der Waals surface area (Å²) in [7, 11) is 1.67. The summed E-state index contributed by atoms with van der Waals surface area (Å²) in [5.41, 5.74) is 0. The number of methoxy groups -OCH3 is 1. The predicted molar refractivity (Wildman–Crippen MR) is 45.0 cm³/mol. The van der Waals surface area contributed by atoms with Crippen molar-refractivity contribution >= 4 is 6.29 Å². The highest BCUT2D eigenvalue weighted by molar-refractivity contribution is 5.56. The first-order valence-electron chi connectivity index (χ1n) is 4.41. The molecule has 0 aromatic heterocycles. The minimum atomic E-state index is -0.207. The number of ether oxygens (including phenoxy) is 2. The highest BCUT2D eigenvalue weighted by Crippen LogP contribution is 2.21. The second-order valence-corrected chi connectivity index (χ2v) is 3.22. The number of rotatable bonds is 3. The maximum Gasteiger partial charge on any atom is 0.148 e. The van der Waals surface area contributed by atoms with Gasteiger partial charge in [0.15, 0.2) is 0 Å². The number of carbonyl (C=O) groups is 1. The highest BCUT2D eigenvalue weighted by Gasteiger charge is 2.25. The van der Waals surface area contributed by atoms with E-state index in [0.717, 1.165) is 25.5 Å². The number of hydrogen-bond acceptors (Lipinski definition) is 3. The molecular weight excluding hydrogens is 156 g/mol. The Morgan fingerprint density at radius 2 is 2.33 bits per heavy atom. The largest absolute Gasteiger partial charge is 0.379 e. The molecule has 1 rings (SSSR count). The minimum Gasteiger partial charge on any atom is -0.379 e. The molecule has 0 spiro atoms. The van der Waals surface area contributed by atoms with E-state index in [0.29, 0.717) is 0 Å². The van der Waals surface area contributed by atoms with Crippen LogP contribution in [0.15, 0.2) is 0 Å². The molecule has 3 unspecified atom stereocenters. The molecule has 0 N–H and O–H groups in total. The van der Waals surface area contributed by atoms with Gasteiger partial charge in [-0.15, -0.1) is 0 Å². The van der Waals surface area contributed by atoms with Crippen molar-refractivity contribution in [1.82, 2.24) is 0 Å². The van der Waals surface area contributed by atoms with Crippen LogP contribution in [-0.2, 0) is 14.3 Å². The van der Waals surface area contributed by atoms with E-state index in [-0.39, 0.29) is 18.3 Å². The molecule has 1 fully saturated rings. The summed E-state index contributed by atoms with van der Waals surface area (Å²) in [6.07, 6.45) is 3.78. The Balaban J connectivity index is 2.39. The van der Waals surface area contributed by atoms with Crippen LogP contribution >= 0.6 is 0 Å². The summed E-state index contributed by atoms with van der Waals surface area (Å²) in [4.78, 5) is 10.5. The van der Waals surface area contributed by atoms with E-state index >= 15 is 0 Å². The average Bonchev–Trinajstić information content (AvgIpc) is 2.17. The smallest absolute Gasteiger partial charge is 0.148 e. The summed E-state index contributed by atoms with van der Waals surface area (Å²) in [6, 6.07) is 0. The topological polar surface area (TPSA) is 35.5 Å². The first-order valence-corrected chi connectivity index (χ1v) is 4.41. The molecule has 3 atom stereocenters. The van der Waals surface area contributed by atoms with Gasteiger partial charge in [0.05, 0.1) is 12.2 Å². The molecular formula is C9H16O3. The molecule has 0 amide bonds. The van der Waals surface area contributed by atoms with Crippen LogP contribution in [0.1, 0.15) is 26.2 Å². The van der Waals surface area contributed by atoms with Crippen molar-refractivity contribution in [1.29, 1.82) is 0 Å². The van der Waals surface area contributed by atoms with Gasteiger partial charge in [0.25, 0.3) is 0 Å². The molecule has 0 radical (unpaired) electrons. The maximum absolute atomic E-state index is 10.5. The minimum absolute atomic E-state index is 0.0905. The Labute approximate surface area is 73.0 Å². The molecule has 1 heterocycles. The van der Waals surface area contributed by atoms with Crippen molar-refractivity contribution in [3.05, 3.63) is 0 Å². The first-order chi connectivity index (χ1) is 5.77. The van der Waals surface area contributed by atoms with Crippen molar-refractivity contribution in [2.45, 2.75) is 44.5 Å². The van der Waals surface area contributed by atoms with Gasteiger partial charge in [-0.3, -0.25) is 0 Å². The quantitative estimate of drug-likeness (QED) is 0.599. The lowest BCUT2D eigenvalue weighted by Gasteiger charge is -2.30. The fourth-order valence-corrected chi connectivity index (χ4v) is 1.48. The Kier molecular flexibility index (Phi) is 3.69. The zero-order valence-corrected chi connectivity index (χ0v) is 7.66. The maximum atomic E-state index is 10.5. The van der Waals surface area contributed by atoms with E-state index in [9.17, 15) is 4.79 Å². The van der Waals surface area contributed by atoms with E-state index in [2.05, 4.69) is 0 Å². The molecule has 0 aromatic carbocycles. The molecule has 0 bridgehead atoms. The van der Waals surface area contributed by atoms with Gasteiger partial charge in [-0.05, 0) is 26.2 Å². The van der Waals surface area contributed by atoms with Crippen LogP contribution in [0.2, 0.25) is 0 Å². The fraction of sp³-hybridized carbons (Fsp3) is 0.889. The lowest BCUT2D eigenvalue weighted by Crippen LogP contribution is -2.36. The van der Waals surface area contributed by atoms with Gasteiger partial charge < -0.3 is 14.3 Å². The van der Waals surface area contributed by atoms with Crippen molar-refractivity contribution in [3.8, 4) is 0 Å². The van der Waals surface area contributed by atoms with Crippen LogP contribution < -0.4 is 0 Å². The molecule has 1 aliphatic rings. The Hall–Kier alpha value is -0.410. The van der Waals surface area contributed by atoms with Gasteiger partial charge in [-0.1, -0.05) is 0 Å². The summed E-state index contributed by atoms with van der Waals surface area (Å²) in [5.74, 6) is 0. The van der Waals surface area contributed by atoms with Crippen molar-refractivity contribution in [2.24, 2.45) is 0 Å². The summed E-state index contributed by atoms with van der Waals surface area (Å²) < 4.78 is 10.6. The van der Waals surface area contributed by atoms with Crippen molar-refractivity contribution < 1.29 is 14.3 Å². The van der Waals surface area contributed by atoms with Gasteiger partial charge in [0.2, 0.25) is 0 Å². The van der Waals surface area contributed by atoms with Crippen molar-refractivity contribution in [3.63, 3.8) is 0 Å². The van der Waals surface area contributed by atoms with E-state index in [1.54, 1.807) is 7.11 Å². The summed E-state index contributed by atoms with van der Waals surface area (Å²) in [6.45, 7) is 1.97. The molecule has 0 aromatic rings. The Bertz CT molecular complexity index is 147. The van der Waals surface area contributed by atoms with Crippen LogP contribution in [0.3, 0.4) is 0 Å². The number of hydrogen-bond donors (Lipinski definition) is 0. The molecule has 70 valence electrons. The van der Waals surface area contributed by atoms with E-state index in [4.69, 9.17) is 9.47 Å².